The zero-order chi connectivity index (χ0) is 13.0. The molecule has 1 unspecified atom stereocenters. The molecular weight excluding hydrogens is 221 g/mol. The van der Waals surface area contributed by atoms with Gasteiger partial charge < -0.3 is 10.0 Å². The minimum atomic E-state index is -1.24. The molecule has 0 amide bonds. The summed E-state index contributed by atoms with van der Waals surface area (Å²) in [5, 5.41) is 8.73. The number of anilines is 1. The maximum atomic E-state index is 13.5. The van der Waals surface area contributed by atoms with Crippen LogP contribution in [0.15, 0.2) is 18.2 Å². The number of hydrogen-bond acceptors (Lipinski definition) is 2. The van der Waals surface area contributed by atoms with Crippen LogP contribution in [0, 0.1) is 5.82 Å². The van der Waals surface area contributed by atoms with Crippen molar-refractivity contribution in [3.8, 4) is 0 Å². The van der Waals surface area contributed by atoms with Crippen LogP contribution in [0.2, 0.25) is 0 Å². The van der Waals surface area contributed by atoms with Crippen molar-refractivity contribution in [2.45, 2.75) is 32.7 Å². The summed E-state index contributed by atoms with van der Waals surface area (Å²) in [6, 6.07) is 4.52. The number of hydrogen-bond donors (Lipinski definition) is 1. The van der Waals surface area contributed by atoms with Crippen LogP contribution in [0.5, 0.6) is 0 Å². The number of aromatic carboxylic acids is 1. The van der Waals surface area contributed by atoms with E-state index in [1.807, 2.05) is 11.9 Å². The Morgan fingerprint density at radius 1 is 1.53 bits per heavy atom. The summed E-state index contributed by atoms with van der Waals surface area (Å²) >= 11 is 0. The quantitative estimate of drug-likeness (QED) is 0.858. The van der Waals surface area contributed by atoms with Gasteiger partial charge in [0.1, 0.15) is 5.82 Å². The number of carboxylic acids is 1. The van der Waals surface area contributed by atoms with E-state index < -0.39 is 11.8 Å². The van der Waals surface area contributed by atoms with E-state index in [9.17, 15) is 9.18 Å². The second-order valence-corrected chi connectivity index (χ2v) is 4.22. The molecule has 4 heteroatoms. The van der Waals surface area contributed by atoms with Crippen molar-refractivity contribution in [3.05, 3.63) is 29.6 Å². The van der Waals surface area contributed by atoms with Crippen LogP contribution in [0.1, 0.15) is 37.0 Å². The minimum Gasteiger partial charge on any atom is -0.478 e. The molecule has 0 aromatic heterocycles. The van der Waals surface area contributed by atoms with Gasteiger partial charge in [0.05, 0.1) is 5.56 Å². The number of nitrogens with zero attached hydrogens (tertiary/aromatic N) is 1. The molecule has 0 aliphatic rings. The van der Waals surface area contributed by atoms with Gasteiger partial charge in [-0.25, -0.2) is 9.18 Å². The molecule has 0 saturated heterocycles. The number of carboxylic acid groups (broad SMARTS) is 1. The SMILES string of the molecule is CCCC(C)N(C)c1ccc(C(=O)O)c(F)c1. The number of halogens is 1. The van der Waals surface area contributed by atoms with Gasteiger partial charge in [-0.1, -0.05) is 13.3 Å². The summed E-state index contributed by atoms with van der Waals surface area (Å²) in [7, 11) is 1.88. The van der Waals surface area contributed by atoms with E-state index in [4.69, 9.17) is 5.11 Å². The predicted molar refractivity (Wildman–Crippen MR) is 66.1 cm³/mol. The summed E-state index contributed by atoms with van der Waals surface area (Å²) in [6.07, 6.45) is 2.07. The van der Waals surface area contributed by atoms with Crippen molar-refractivity contribution in [1.82, 2.24) is 0 Å². The monoisotopic (exact) mass is 239 g/mol. The molecule has 0 fully saturated rings. The standard InChI is InChI=1S/C13H18FNO2/c1-4-5-9(2)15(3)10-6-7-11(13(16)17)12(14)8-10/h6-9H,4-5H2,1-3H3,(H,16,17). The Labute approximate surface area is 101 Å². The van der Waals surface area contributed by atoms with Crippen LogP contribution in [0.25, 0.3) is 0 Å². The first-order valence-electron chi connectivity index (χ1n) is 5.73. The van der Waals surface area contributed by atoms with Crippen LogP contribution in [-0.2, 0) is 0 Å². The summed E-state index contributed by atoms with van der Waals surface area (Å²) < 4.78 is 13.5. The molecule has 0 saturated carbocycles. The molecule has 1 aromatic carbocycles. The van der Waals surface area contributed by atoms with Crippen LogP contribution in [0.4, 0.5) is 10.1 Å². The third kappa shape index (κ3) is 3.19. The average molecular weight is 239 g/mol. The van der Waals surface area contributed by atoms with Crippen LogP contribution < -0.4 is 4.90 Å². The highest BCUT2D eigenvalue weighted by molar-refractivity contribution is 5.88. The highest BCUT2D eigenvalue weighted by Gasteiger charge is 2.14. The summed E-state index contributed by atoms with van der Waals surface area (Å²) in [6.45, 7) is 4.16. The van der Waals surface area contributed by atoms with E-state index in [0.29, 0.717) is 11.7 Å². The van der Waals surface area contributed by atoms with Crippen molar-refractivity contribution in [3.63, 3.8) is 0 Å². The van der Waals surface area contributed by atoms with Crippen LogP contribution in [0.3, 0.4) is 0 Å². The van der Waals surface area contributed by atoms with Gasteiger partial charge in [-0.05, 0) is 31.5 Å². The number of benzene rings is 1. The molecule has 0 radical (unpaired) electrons. The van der Waals surface area contributed by atoms with Gasteiger partial charge in [-0.15, -0.1) is 0 Å². The Balaban J connectivity index is 2.93. The zero-order valence-electron chi connectivity index (χ0n) is 10.4. The van der Waals surface area contributed by atoms with E-state index in [0.717, 1.165) is 12.8 Å². The van der Waals surface area contributed by atoms with Crippen LogP contribution in [-0.4, -0.2) is 24.2 Å². The van der Waals surface area contributed by atoms with E-state index in [1.54, 1.807) is 6.07 Å². The lowest BCUT2D eigenvalue weighted by atomic mass is 10.1. The van der Waals surface area contributed by atoms with Gasteiger partial charge in [0.15, 0.2) is 0 Å². The molecule has 94 valence electrons. The first kappa shape index (κ1) is 13.5. The lowest BCUT2D eigenvalue weighted by molar-refractivity contribution is 0.0692. The van der Waals surface area contributed by atoms with Gasteiger partial charge in [0.2, 0.25) is 0 Å². The molecule has 0 heterocycles. The Bertz CT molecular complexity index is 406. The maximum absolute atomic E-state index is 13.5. The lowest BCUT2D eigenvalue weighted by Gasteiger charge is -2.27. The van der Waals surface area contributed by atoms with Gasteiger partial charge >= 0.3 is 5.97 Å². The molecule has 1 N–H and O–H groups in total. The second kappa shape index (κ2) is 5.66. The highest BCUT2D eigenvalue weighted by atomic mass is 19.1. The molecule has 1 aromatic rings. The topological polar surface area (TPSA) is 40.5 Å². The molecule has 3 nitrogen and oxygen atoms in total. The van der Waals surface area contributed by atoms with Crippen molar-refractivity contribution in [1.29, 1.82) is 0 Å². The lowest BCUT2D eigenvalue weighted by Crippen LogP contribution is -2.28. The molecule has 1 atom stereocenters. The predicted octanol–water partition coefficient (Wildman–Crippen LogP) is 3.15. The Hall–Kier alpha value is -1.58. The summed E-state index contributed by atoms with van der Waals surface area (Å²) in [5.41, 5.74) is 0.416. The molecule has 1 rings (SSSR count). The first-order chi connectivity index (χ1) is 7.97. The molecule has 17 heavy (non-hydrogen) atoms. The zero-order valence-corrected chi connectivity index (χ0v) is 10.4. The molecule has 0 bridgehead atoms. The highest BCUT2D eigenvalue weighted by Crippen LogP contribution is 2.20. The van der Waals surface area contributed by atoms with E-state index in [2.05, 4.69) is 13.8 Å². The molecule has 0 spiro atoms. The molecule has 0 aliphatic heterocycles. The first-order valence-corrected chi connectivity index (χ1v) is 5.73. The van der Waals surface area contributed by atoms with Gasteiger partial charge in [0.25, 0.3) is 0 Å². The third-order valence-corrected chi connectivity index (χ3v) is 2.96. The number of rotatable bonds is 5. The third-order valence-electron chi connectivity index (χ3n) is 2.96. The fourth-order valence-corrected chi connectivity index (χ4v) is 1.76. The fraction of sp³-hybridized carbons (Fsp3) is 0.462. The minimum absolute atomic E-state index is 0.287. The van der Waals surface area contributed by atoms with E-state index in [-0.39, 0.29) is 5.56 Å². The van der Waals surface area contributed by atoms with Crippen molar-refractivity contribution < 1.29 is 14.3 Å². The Kier molecular flexibility index (Phi) is 4.49. The largest absolute Gasteiger partial charge is 0.478 e. The average Bonchev–Trinajstić information content (AvgIpc) is 2.27. The Morgan fingerprint density at radius 3 is 2.65 bits per heavy atom. The van der Waals surface area contributed by atoms with Gasteiger partial charge in [0, 0.05) is 18.8 Å². The van der Waals surface area contributed by atoms with Crippen LogP contribution >= 0.6 is 0 Å². The number of carbonyl (C=O) groups is 1. The maximum Gasteiger partial charge on any atom is 0.338 e. The van der Waals surface area contributed by atoms with E-state index >= 15 is 0 Å². The fourth-order valence-electron chi connectivity index (χ4n) is 1.76. The van der Waals surface area contributed by atoms with Crippen molar-refractivity contribution in [2.24, 2.45) is 0 Å². The smallest absolute Gasteiger partial charge is 0.338 e. The summed E-state index contributed by atoms with van der Waals surface area (Å²) in [5.74, 6) is -1.93. The normalized spacial score (nSPS) is 12.2. The second-order valence-electron chi connectivity index (χ2n) is 4.22. The summed E-state index contributed by atoms with van der Waals surface area (Å²) in [4.78, 5) is 12.6. The molecular formula is C13H18FNO2. The van der Waals surface area contributed by atoms with Gasteiger partial charge in [-0.2, -0.15) is 0 Å². The van der Waals surface area contributed by atoms with E-state index in [1.165, 1.54) is 12.1 Å². The Morgan fingerprint density at radius 2 is 2.18 bits per heavy atom. The van der Waals surface area contributed by atoms with Crippen molar-refractivity contribution in [2.75, 3.05) is 11.9 Å². The van der Waals surface area contributed by atoms with Gasteiger partial charge in [-0.3, -0.25) is 0 Å². The molecule has 0 aliphatic carbocycles. The van der Waals surface area contributed by atoms with Crippen molar-refractivity contribution >= 4 is 11.7 Å².